The molecule has 0 spiro atoms. The van der Waals surface area contributed by atoms with Crippen molar-refractivity contribution in [3.05, 3.63) is 72.7 Å². The third-order valence-electron chi connectivity index (χ3n) is 6.95. The summed E-state index contributed by atoms with van der Waals surface area (Å²) in [6, 6.07) is 15.4. The molecule has 216 valence electrons. The molecule has 6 rings (SSSR count). The molecule has 1 atom stereocenters. The highest BCUT2D eigenvalue weighted by Gasteiger charge is 2.32. The average molecular weight is 577 g/mol. The zero-order valence-corrected chi connectivity index (χ0v) is 23.1. The maximum Gasteiger partial charge on any atom is 0.573 e. The van der Waals surface area contributed by atoms with Crippen LogP contribution in [0.15, 0.2) is 71.5 Å². The highest BCUT2D eigenvalue weighted by Crippen LogP contribution is 2.38. The first-order valence-electron chi connectivity index (χ1n) is 13.4. The first-order chi connectivity index (χ1) is 19.9. The van der Waals surface area contributed by atoms with Gasteiger partial charge >= 0.3 is 12.3 Å². The number of aryl methyl sites for hydroxylation is 1. The number of fused-ring (bicyclic) bond motifs is 3. The summed E-state index contributed by atoms with van der Waals surface area (Å²) in [7, 11) is 0. The number of hydrogen-bond acceptors (Lipinski definition) is 7. The van der Waals surface area contributed by atoms with Crippen molar-refractivity contribution in [1.29, 1.82) is 0 Å². The van der Waals surface area contributed by atoms with Crippen molar-refractivity contribution < 1.29 is 32.0 Å². The predicted molar refractivity (Wildman–Crippen MR) is 148 cm³/mol. The topological polar surface area (TPSA) is 92.3 Å². The largest absolute Gasteiger partial charge is 0.573 e. The van der Waals surface area contributed by atoms with E-state index < -0.39 is 17.7 Å². The number of aromatic nitrogens is 4. The van der Waals surface area contributed by atoms with Crippen LogP contribution in [0.3, 0.4) is 0 Å². The molecule has 0 aliphatic carbocycles. The monoisotopic (exact) mass is 576 g/mol. The highest BCUT2D eigenvalue weighted by molar-refractivity contribution is 5.86. The molecule has 3 aromatic heterocycles. The molecule has 2 aromatic carbocycles. The number of alkyl halides is 3. The third kappa shape index (κ3) is 5.86. The van der Waals surface area contributed by atoms with Crippen LogP contribution in [0, 0.1) is 0 Å². The molecular formula is C31H27F3N4O4. The highest BCUT2D eigenvalue weighted by atomic mass is 19.4. The van der Waals surface area contributed by atoms with Gasteiger partial charge in [0.05, 0.1) is 6.42 Å². The molecule has 11 heteroatoms. The van der Waals surface area contributed by atoms with E-state index >= 15 is 0 Å². The molecular weight excluding hydrogens is 549 g/mol. The van der Waals surface area contributed by atoms with Crippen molar-refractivity contribution in [1.82, 2.24) is 19.7 Å². The molecule has 42 heavy (non-hydrogen) atoms. The van der Waals surface area contributed by atoms with Gasteiger partial charge < -0.3 is 18.6 Å². The van der Waals surface area contributed by atoms with Gasteiger partial charge in [-0.1, -0.05) is 11.2 Å². The van der Waals surface area contributed by atoms with Crippen molar-refractivity contribution in [2.45, 2.75) is 58.0 Å². The lowest BCUT2D eigenvalue weighted by Crippen LogP contribution is -2.24. The zero-order valence-electron chi connectivity index (χ0n) is 23.1. The maximum absolute atomic E-state index is 13.1. The normalized spacial score (nSPS) is 15.1. The fourth-order valence-corrected chi connectivity index (χ4v) is 5.32. The summed E-state index contributed by atoms with van der Waals surface area (Å²) in [5.74, 6) is -0.243. The molecule has 0 bridgehead atoms. The third-order valence-corrected chi connectivity index (χ3v) is 6.95. The number of nitrogens with zero attached hydrogens (tertiary/aromatic N) is 4. The van der Waals surface area contributed by atoms with E-state index in [1.165, 1.54) is 18.3 Å². The van der Waals surface area contributed by atoms with Crippen LogP contribution in [-0.4, -0.2) is 37.6 Å². The van der Waals surface area contributed by atoms with Gasteiger partial charge in [0.15, 0.2) is 0 Å². The second-order valence-electron chi connectivity index (χ2n) is 11.2. The number of rotatable bonds is 6. The minimum atomic E-state index is -4.87. The Bertz CT molecular complexity index is 1770. The van der Waals surface area contributed by atoms with Crippen molar-refractivity contribution in [3.8, 4) is 39.7 Å². The lowest BCUT2D eigenvalue weighted by Gasteiger charge is -2.20. The number of halogens is 3. The number of carbonyl (C=O) groups excluding carboxylic acids is 1. The van der Waals surface area contributed by atoms with Crippen LogP contribution >= 0.6 is 0 Å². The number of ether oxygens (including phenoxy) is 2. The summed E-state index contributed by atoms with van der Waals surface area (Å²) in [6.45, 7) is 6.37. The van der Waals surface area contributed by atoms with Crippen molar-refractivity contribution in [3.63, 3.8) is 0 Å². The van der Waals surface area contributed by atoms with Gasteiger partial charge in [-0.3, -0.25) is 9.78 Å². The molecule has 1 unspecified atom stereocenters. The average Bonchev–Trinajstić information content (AvgIpc) is 3.63. The smallest absolute Gasteiger partial charge is 0.460 e. The first kappa shape index (κ1) is 27.5. The van der Waals surface area contributed by atoms with Gasteiger partial charge in [-0.25, -0.2) is 0 Å². The predicted octanol–water partition coefficient (Wildman–Crippen LogP) is 7.54. The molecule has 0 radical (unpaired) electrons. The fraction of sp³-hybridized carbons (Fsp3) is 0.290. The molecule has 0 saturated heterocycles. The van der Waals surface area contributed by atoms with E-state index in [9.17, 15) is 18.0 Å². The SMILES string of the molecule is CC(C)(C)OC(=O)CC1CCn2c1cc1cc(-c3noc(-c4cc(OC(F)(F)F)cc(-c5cccnc5)c4)n3)ccc12. The quantitative estimate of drug-likeness (QED) is 0.193. The van der Waals surface area contributed by atoms with Gasteiger partial charge in [-0.2, -0.15) is 4.98 Å². The standard InChI is InChI=1S/C31H27F3N4O4/c1-30(2,3)41-27(39)16-18-8-10-38-25-7-6-19(11-22(25)15-26(18)38)28-36-29(42-37-28)23-12-21(20-5-4-9-35-17-20)13-24(14-23)40-31(32,33)34/h4-7,9,11-15,17-18H,8,10,16H2,1-3H3. The Morgan fingerprint density at radius 2 is 1.83 bits per heavy atom. The van der Waals surface area contributed by atoms with Crippen LogP contribution in [0.5, 0.6) is 5.75 Å². The Kier molecular flexibility index (Phi) is 6.75. The Labute approximate surface area is 239 Å². The van der Waals surface area contributed by atoms with Crippen LogP contribution in [0.2, 0.25) is 0 Å². The van der Waals surface area contributed by atoms with Crippen LogP contribution in [-0.2, 0) is 16.1 Å². The van der Waals surface area contributed by atoms with Gasteiger partial charge in [-0.05, 0) is 81.3 Å². The molecule has 1 aliphatic rings. The van der Waals surface area contributed by atoms with Crippen molar-refractivity contribution >= 4 is 16.9 Å². The van der Waals surface area contributed by atoms with E-state index in [-0.39, 0.29) is 29.2 Å². The second kappa shape index (κ2) is 10.3. The van der Waals surface area contributed by atoms with Crippen molar-refractivity contribution in [2.75, 3.05) is 0 Å². The van der Waals surface area contributed by atoms with E-state index in [0.29, 0.717) is 23.1 Å². The summed E-state index contributed by atoms with van der Waals surface area (Å²) in [5.41, 5.74) is 3.57. The second-order valence-corrected chi connectivity index (χ2v) is 11.2. The van der Waals surface area contributed by atoms with Gasteiger partial charge in [0.1, 0.15) is 11.4 Å². The molecule has 0 fully saturated rings. The van der Waals surface area contributed by atoms with Crippen LogP contribution in [0.25, 0.3) is 44.9 Å². The van der Waals surface area contributed by atoms with Gasteiger partial charge in [0.2, 0.25) is 5.82 Å². The number of hydrogen-bond donors (Lipinski definition) is 0. The number of pyridine rings is 1. The molecule has 8 nitrogen and oxygen atoms in total. The number of esters is 1. The van der Waals surface area contributed by atoms with Gasteiger partial charge in [0, 0.05) is 58.1 Å². The number of carbonyl (C=O) groups is 1. The van der Waals surface area contributed by atoms with E-state index in [2.05, 4.69) is 30.5 Å². The van der Waals surface area contributed by atoms with E-state index in [1.54, 1.807) is 24.4 Å². The van der Waals surface area contributed by atoms with E-state index in [4.69, 9.17) is 9.26 Å². The summed E-state index contributed by atoms with van der Waals surface area (Å²) >= 11 is 0. The summed E-state index contributed by atoms with van der Waals surface area (Å²) in [5, 5.41) is 5.06. The molecule has 5 aromatic rings. The van der Waals surface area contributed by atoms with E-state index in [0.717, 1.165) is 29.6 Å². The van der Waals surface area contributed by atoms with Gasteiger partial charge in [-0.15, -0.1) is 13.2 Å². The Morgan fingerprint density at radius 1 is 1.02 bits per heavy atom. The van der Waals surface area contributed by atoms with Gasteiger partial charge in [0.25, 0.3) is 5.89 Å². The number of benzene rings is 2. The molecule has 0 saturated carbocycles. The first-order valence-corrected chi connectivity index (χ1v) is 13.4. The fourth-order valence-electron chi connectivity index (χ4n) is 5.32. The molecule has 0 amide bonds. The Balaban J connectivity index is 1.29. The maximum atomic E-state index is 13.1. The Hall–Kier alpha value is -4.67. The van der Waals surface area contributed by atoms with E-state index in [1.807, 2.05) is 39.0 Å². The Morgan fingerprint density at radius 3 is 2.57 bits per heavy atom. The summed E-state index contributed by atoms with van der Waals surface area (Å²) in [4.78, 5) is 21.0. The van der Waals surface area contributed by atoms with Crippen LogP contribution in [0.1, 0.15) is 45.2 Å². The minimum Gasteiger partial charge on any atom is -0.460 e. The minimum absolute atomic E-state index is 0.0414. The molecule has 0 N–H and O–H groups in total. The lowest BCUT2D eigenvalue weighted by atomic mass is 10.00. The molecule has 4 heterocycles. The van der Waals surface area contributed by atoms with Crippen molar-refractivity contribution in [2.24, 2.45) is 0 Å². The van der Waals surface area contributed by atoms with Crippen LogP contribution < -0.4 is 4.74 Å². The molecule has 1 aliphatic heterocycles. The zero-order chi connectivity index (χ0) is 29.6. The van der Waals surface area contributed by atoms with Crippen LogP contribution in [0.4, 0.5) is 13.2 Å². The summed E-state index contributed by atoms with van der Waals surface area (Å²) < 4.78 is 56.6. The summed E-state index contributed by atoms with van der Waals surface area (Å²) in [6.07, 6.45) is -0.587. The lowest BCUT2D eigenvalue weighted by molar-refractivity contribution is -0.274.